The summed E-state index contributed by atoms with van der Waals surface area (Å²) >= 11 is 18.2. The van der Waals surface area contributed by atoms with Gasteiger partial charge in [-0.05, 0) is 53.1 Å². The Morgan fingerprint density at radius 2 is 1.59 bits per heavy atom. The lowest BCUT2D eigenvalue weighted by Gasteiger charge is -2.11. The van der Waals surface area contributed by atoms with Crippen molar-refractivity contribution in [3.8, 4) is 28.0 Å². The van der Waals surface area contributed by atoms with E-state index in [1.807, 2.05) is 6.07 Å². The number of nitrogens with zero attached hydrogens (tertiary/aromatic N) is 1. The van der Waals surface area contributed by atoms with Crippen molar-refractivity contribution in [1.82, 2.24) is 4.98 Å². The predicted molar refractivity (Wildman–Crippen MR) is 118 cm³/mol. The van der Waals surface area contributed by atoms with Crippen LogP contribution >= 0.6 is 34.8 Å². The van der Waals surface area contributed by atoms with Crippen molar-refractivity contribution in [2.45, 2.75) is 0 Å². The molecule has 0 amide bonds. The van der Waals surface area contributed by atoms with Gasteiger partial charge >= 0.3 is 0 Å². The van der Waals surface area contributed by atoms with E-state index in [2.05, 4.69) is 9.83 Å². The van der Waals surface area contributed by atoms with Gasteiger partial charge in [-0.2, -0.15) is 0 Å². The van der Waals surface area contributed by atoms with E-state index in [1.165, 1.54) is 12.1 Å². The first-order valence-corrected chi connectivity index (χ1v) is 9.53. The zero-order valence-corrected chi connectivity index (χ0v) is 16.9. The normalized spacial score (nSPS) is 10.8. The molecule has 4 rings (SSSR count). The van der Waals surface area contributed by atoms with Crippen molar-refractivity contribution in [1.29, 1.82) is 0 Å². The third-order valence-electron chi connectivity index (χ3n) is 4.52. The molecule has 0 aliphatic heterocycles. The summed E-state index contributed by atoms with van der Waals surface area (Å²) in [5.41, 5.74) is 2.25. The third-order valence-corrected chi connectivity index (χ3v) is 5.26. The zero-order valence-electron chi connectivity index (χ0n) is 14.6. The molecule has 0 bridgehead atoms. The predicted octanol–water partition coefficient (Wildman–Crippen LogP) is 7.08. The zero-order chi connectivity index (χ0) is 20.7. The van der Waals surface area contributed by atoms with Gasteiger partial charge in [0.2, 0.25) is 5.69 Å². The molecule has 0 saturated heterocycles. The molecule has 7 heteroatoms. The fraction of sp³-hybridized carbons (Fsp3) is 0. The molecule has 0 radical (unpaired) electrons. The molecule has 0 spiro atoms. The SMILES string of the molecule is [C-]#[N+]c1cc2c(O)c(-c3cccc(-c4cc(Cl)cc(Cl)c4)c3)c(=O)[nH]c2cc1Cl. The van der Waals surface area contributed by atoms with E-state index >= 15 is 0 Å². The molecule has 0 aliphatic carbocycles. The molecule has 2 N–H and O–H groups in total. The molecule has 0 aliphatic rings. The highest BCUT2D eigenvalue weighted by molar-refractivity contribution is 6.35. The van der Waals surface area contributed by atoms with E-state index in [4.69, 9.17) is 41.4 Å². The smallest absolute Gasteiger partial charge is 0.260 e. The Morgan fingerprint density at radius 3 is 2.28 bits per heavy atom. The standard InChI is InChI=1S/C22H11Cl3N2O2/c1-26-19-9-16-18(10-17(19)25)27-22(29)20(21(16)28)12-4-2-3-11(5-12)13-6-14(23)8-15(24)7-13/h2-10H,(H2,27,28,29). The number of aromatic hydroxyl groups is 1. The van der Waals surface area contributed by atoms with Gasteiger partial charge in [0.25, 0.3) is 5.56 Å². The van der Waals surface area contributed by atoms with Crippen molar-refractivity contribution in [3.05, 3.63) is 91.4 Å². The van der Waals surface area contributed by atoms with Gasteiger partial charge in [-0.15, -0.1) is 0 Å². The Labute approximate surface area is 180 Å². The Bertz CT molecular complexity index is 1370. The minimum Gasteiger partial charge on any atom is -0.506 e. The highest BCUT2D eigenvalue weighted by Gasteiger charge is 2.16. The second-order valence-corrected chi connectivity index (χ2v) is 7.66. The third kappa shape index (κ3) is 3.56. The average Bonchev–Trinajstić information content (AvgIpc) is 2.67. The van der Waals surface area contributed by atoms with Crippen LogP contribution < -0.4 is 5.56 Å². The molecule has 0 saturated carbocycles. The van der Waals surface area contributed by atoms with Crippen LogP contribution in [0.5, 0.6) is 5.75 Å². The van der Waals surface area contributed by atoms with Crippen LogP contribution in [0.4, 0.5) is 5.69 Å². The summed E-state index contributed by atoms with van der Waals surface area (Å²) in [5.74, 6) is -0.216. The number of aromatic amines is 1. The minimum atomic E-state index is -0.470. The lowest BCUT2D eigenvalue weighted by atomic mass is 9.98. The second kappa shape index (κ2) is 7.46. The first-order valence-electron chi connectivity index (χ1n) is 8.40. The van der Waals surface area contributed by atoms with E-state index in [9.17, 15) is 9.90 Å². The van der Waals surface area contributed by atoms with Crippen LogP contribution in [0.25, 0.3) is 38.0 Å². The number of hydrogen-bond donors (Lipinski definition) is 2. The fourth-order valence-corrected chi connectivity index (χ4v) is 3.95. The van der Waals surface area contributed by atoms with Crippen molar-refractivity contribution in [2.24, 2.45) is 0 Å². The van der Waals surface area contributed by atoms with Crippen molar-refractivity contribution < 1.29 is 5.11 Å². The molecular weight excluding hydrogens is 431 g/mol. The van der Waals surface area contributed by atoms with Crippen LogP contribution in [0.2, 0.25) is 15.1 Å². The van der Waals surface area contributed by atoms with Crippen LogP contribution in [0.15, 0.2) is 59.4 Å². The van der Waals surface area contributed by atoms with Crippen LogP contribution in [-0.4, -0.2) is 10.1 Å². The van der Waals surface area contributed by atoms with E-state index < -0.39 is 5.56 Å². The van der Waals surface area contributed by atoms with Gasteiger partial charge in [-0.3, -0.25) is 4.79 Å². The maximum atomic E-state index is 12.7. The summed E-state index contributed by atoms with van der Waals surface area (Å²) < 4.78 is 0. The number of hydrogen-bond acceptors (Lipinski definition) is 2. The maximum Gasteiger partial charge on any atom is 0.260 e. The Morgan fingerprint density at radius 1 is 0.897 bits per heavy atom. The molecule has 29 heavy (non-hydrogen) atoms. The summed E-state index contributed by atoms with van der Waals surface area (Å²) in [4.78, 5) is 18.8. The van der Waals surface area contributed by atoms with E-state index in [-0.39, 0.29) is 22.0 Å². The Kier molecular flexibility index (Phi) is 4.97. The van der Waals surface area contributed by atoms with Crippen LogP contribution in [0.1, 0.15) is 0 Å². The summed E-state index contributed by atoms with van der Waals surface area (Å²) in [6, 6.07) is 15.2. The molecule has 3 aromatic carbocycles. The van der Waals surface area contributed by atoms with Gasteiger partial charge in [0.05, 0.1) is 17.7 Å². The molecule has 142 valence electrons. The molecule has 0 fully saturated rings. The van der Waals surface area contributed by atoms with Crippen LogP contribution in [-0.2, 0) is 0 Å². The lowest BCUT2D eigenvalue weighted by Crippen LogP contribution is -2.09. The second-order valence-electron chi connectivity index (χ2n) is 6.38. The molecule has 4 nitrogen and oxygen atoms in total. The number of fused-ring (bicyclic) bond motifs is 1. The van der Waals surface area contributed by atoms with Crippen molar-refractivity contribution >= 4 is 51.4 Å². The molecule has 1 aromatic heterocycles. The summed E-state index contributed by atoms with van der Waals surface area (Å²) in [5, 5.41) is 12.4. The number of pyridine rings is 1. The monoisotopic (exact) mass is 440 g/mol. The number of rotatable bonds is 2. The molecule has 1 heterocycles. The average molecular weight is 442 g/mol. The van der Waals surface area contributed by atoms with Gasteiger partial charge in [0, 0.05) is 20.5 Å². The number of benzene rings is 3. The maximum absolute atomic E-state index is 12.7. The summed E-state index contributed by atoms with van der Waals surface area (Å²) in [6.07, 6.45) is 0. The molecule has 0 unspecified atom stereocenters. The fourth-order valence-electron chi connectivity index (χ4n) is 3.22. The highest BCUT2D eigenvalue weighted by atomic mass is 35.5. The number of nitrogens with one attached hydrogen (secondary N) is 1. The van der Waals surface area contributed by atoms with Gasteiger partial charge in [-0.25, -0.2) is 4.85 Å². The minimum absolute atomic E-state index is 0.103. The van der Waals surface area contributed by atoms with Crippen LogP contribution in [0, 0.1) is 6.57 Å². The summed E-state index contributed by atoms with van der Waals surface area (Å²) in [6.45, 7) is 7.21. The van der Waals surface area contributed by atoms with E-state index in [1.54, 1.807) is 36.4 Å². The van der Waals surface area contributed by atoms with Crippen molar-refractivity contribution in [3.63, 3.8) is 0 Å². The first kappa shape index (κ1) is 19.4. The quantitative estimate of drug-likeness (QED) is 0.327. The van der Waals surface area contributed by atoms with Gasteiger partial charge in [0.15, 0.2) is 0 Å². The van der Waals surface area contributed by atoms with E-state index in [0.717, 1.165) is 11.1 Å². The van der Waals surface area contributed by atoms with E-state index in [0.29, 0.717) is 26.5 Å². The van der Waals surface area contributed by atoms with Gasteiger partial charge < -0.3 is 10.1 Å². The Balaban J connectivity index is 1.94. The lowest BCUT2D eigenvalue weighted by molar-refractivity contribution is 0.482. The highest BCUT2D eigenvalue weighted by Crippen LogP contribution is 2.38. The Hall–Kier alpha value is -2.97. The summed E-state index contributed by atoms with van der Waals surface area (Å²) in [7, 11) is 0. The first-order chi connectivity index (χ1) is 13.9. The van der Waals surface area contributed by atoms with Crippen molar-refractivity contribution in [2.75, 3.05) is 0 Å². The molecule has 0 atom stereocenters. The number of H-pyrrole nitrogens is 1. The topological polar surface area (TPSA) is 57.4 Å². The molecule has 4 aromatic rings. The number of aromatic nitrogens is 1. The number of halogens is 3. The van der Waals surface area contributed by atoms with Crippen LogP contribution in [0.3, 0.4) is 0 Å². The molecular formula is C22H11Cl3N2O2. The van der Waals surface area contributed by atoms with Gasteiger partial charge in [-0.1, -0.05) is 53.0 Å². The van der Waals surface area contributed by atoms with Gasteiger partial charge in [0.1, 0.15) is 5.75 Å². The largest absolute Gasteiger partial charge is 0.506 e.